The van der Waals surface area contributed by atoms with E-state index >= 15 is 0 Å². The van der Waals surface area contributed by atoms with Crippen molar-refractivity contribution in [2.75, 3.05) is 12.4 Å². The lowest BCUT2D eigenvalue weighted by molar-refractivity contribution is -0.623. The van der Waals surface area contributed by atoms with Crippen molar-refractivity contribution >= 4 is 29.4 Å². The molecule has 198 valence electrons. The molecule has 9 heteroatoms. The third kappa shape index (κ3) is 2.02. The van der Waals surface area contributed by atoms with Crippen LogP contribution in [-0.4, -0.2) is 50.3 Å². The van der Waals surface area contributed by atoms with E-state index in [2.05, 4.69) is 24.5 Å². The van der Waals surface area contributed by atoms with Gasteiger partial charge in [0, 0.05) is 30.3 Å². The van der Waals surface area contributed by atoms with Crippen LogP contribution >= 0.6 is 11.6 Å². The summed E-state index contributed by atoms with van der Waals surface area (Å²) < 4.78 is 1.59. The molecule has 8 nitrogen and oxygen atoms in total. The summed E-state index contributed by atoms with van der Waals surface area (Å²) in [6.45, 7) is 8.71. The quantitative estimate of drug-likeness (QED) is 0.576. The normalized spacial score (nSPS) is 41.5. The topological polar surface area (TPSA) is 96.3 Å². The minimum atomic E-state index is -0.187. The lowest BCUT2D eigenvalue weighted by atomic mass is 8.92. The summed E-state index contributed by atoms with van der Waals surface area (Å²) in [6.07, 6.45) is 0.477. The Labute approximate surface area is 226 Å². The van der Waals surface area contributed by atoms with Crippen molar-refractivity contribution in [2.24, 2.45) is 40.4 Å². The van der Waals surface area contributed by atoms with E-state index in [0.717, 1.165) is 0 Å². The van der Waals surface area contributed by atoms with Crippen molar-refractivity contribution in [1.29, 1.82) is 0 Å². The van der Waals surface area contributed by atoms with Gasteiger partial charge in [-0.05, 0) is 86.5 Å². The van der Waals surface area contributed by atoms with Crippen LogP contribution in [0.1, 0.15) is 49.3 Å². The molecule has 1 aromatic heterocycles. The van der Waals surface area contributed by atoms with Crippen LogP contribution in [0.2, 0.25) is 0 Å². The average Bonchev–Trinajstić information content (AvgIpc) is 2.88. The van der Waals surface area contributed by atoms with Gasteiger partial charge in [0.05, 0.1) is 28.2 Å². The van der Waals surface area contributed by atoms with Crippen LogP contribution in [0, 0.1) is 40.4 Å². The number of rotatable bonds is 5. The van der Waals surface area contributed by atoms with Crippen LogP contribution < -0.4 is 16.2 Å². The second-order valence-electron chi connectivity index (χ2n) is 12.9. The second-order valence-corrected chi connectivity index (χ2v) is 13.6. The first-order chi connectivity index (χ1) is 18.0. The predicted molar refractivity (Wildman–Crippen MR) is 142 cm³/mol. The summed E-state index contributed by atoms with van der Waals surface area (Å²) in [6, 6.07) is 6.92. The fourth-order valence-electron chi connectivity index (χ4n) is 10.2. The first-order valence-electron chi connectivity index (χ1n) is 13.8. The molecular formula is C29H32ClN5O3. The smallest absolute Gasteiger partial charge is 0.263 e. The molecule has 2 heterocycles. The van der Waals surface area contributed by atoms with Crippen LogP contribution in [-0.2, 0) is 17.8 Å². The Morgan fingerprint density at radius 1 is 1.13 bits per heavy atom. The Kier molecular flexibility index (Phi) is 4.03. The molecule has 1 aromatic carbocycles. The van der Waals surface area contributed by atoms with Crippen LogP contribution in [0.15, 0.2) is 29.1 Å². The zero-order valence-electron chi connectivity index (χ0n) is 22.2. The zero-order valence-corrected chi connectivity index (χ0v) is 23.0. The van der Waals surface area contributed by atoms with Gasteiger partial charge < -0.3 is 15.5 Å². The van der Waals surface area contributed by atoms with Crippen LogP contribution in [0.5, 0.6) is 0 Å². The Hall–Kier alpha value is -2.87. The molecule has 0 spiro atoms. The number of hydrogen-bond donors (Lipinski definition) is 2. The molecule has 2 aromatic rings. The number of amides is 2. The number of halogens is 1. The lowest BCUT2D eigenvalue weighted by Crippen LogP contribution is -3.16. The molecule has 1 aliphatic heterocycles. The zero-order chi connectivity index (χ0) is 26.7. The van der Waals surface area contributed by atoms with Crippen LogP contribution in [0.3, 0.4) is 0 Å². The third-order valence-electron chi connectivity index (χ3n) is 11.4. The molecule has 5 atom stereocenters. The fraction of sp³-hybridized carbons (Fsp3) is 0.586. The molecule has 0 bridgehead atoms. The number of carbonyl (C=O) groups excluding carboxylic acids is 2. The predicted octanol–water partition coefficient (Wildman–Crippen LogP) is 2.80. The highest BCUT2D eigenvalue weighted by Gasteiger charge is 3.15. The Morgan fingerprint density at radius 3 is 2.37 bits per heavy atom. The molecule has 6 saturated carbocycles. The maximum atomic E-state index is 14.1. The van der Waals surface area contributed by atoms with E-state index in [1.807, 2.05) is 18.7 Å². The average molecular weight is 534 g/mol. The van der Waals surface area contributed by atoms with Gasteiger partial charge in [-0.2, -0.15) is 0 Å². The molecule has 0 saturated heterocycles. The van der Waals surface area contributed by atoms with Crippen molar-refractivity contribution in [3.05, 3.63) is 51.4 Å². The monoisotopic (exact) mass is 533 g/mol. The molecule has 2 N–H and O–H groups in total. The van der Waals surface area contributed by atoms with Crippen LogP contribution in [0.4, 0.5) is 5.95 Å². The first kappa shape index (κ1) is 23.1. The number of alkyl halides is 1. The van der Waals surface area contributed by atoms with Crippen LogP contribution in [0.25, 0.3) is 5.69 Å². The van der Waals surface area contributed by atoms with E-state index in [-0.39, 0.29) is 45.2 Å². The third-order valence-corrected chi connectivity index (χ3v) is 12.3. The van der Waals surface area contributed by atoms with Gasteiger partial charge in [-0.25, -0.2) is 9.55 Å². The Balaban J connectivity index is 1.14. The van der Waals surface area contributed by atoms with E-state index in [4.69, 9.17) is 16.6 Å². The molecule has 9 rings (SSSR count). The summed E-state index contributed by atoms with van der Waals surface area (Å²) >= 11 is 6.95. The Morgan fingerprint density at radius 2 is 1.79 bits per heavy atom. The minimum Gasteiger partial charge on any atom is -0.355 e. The maximum Gasteiger partial charge on any atom is 0.263 e. The number of nitrogens with one attached hydrogen (secondary N) is 2. The number of nitrogens with zero attached hydrogens (tertiary/aromatic N) is 3. The van der Waals surface area contributed by atoms with Gasteiger partial charge in [0.2, 0.25) is 11.9 Å². The summed E-state index contributed by atoms with van der Waals surface area (Å²) in [5.41, 5.74) is 2.35. The molecule has 0 unspecified atom stereocenters. The highest BCUT2D eigenvalue weighted by atomic mass is 35.5. The van der Waals surface area contributed by atoms with Gasteiger partial charge in [-0.15, -0.1) is 11.6 Å². The highest BCUT2D eigenvalue weighted by molar-refractivity contribution is 6.30. The summed E-state index contributed by atoms with van der Waals surface area (Å²) in [5, 5.41) is 5.95. The van der Waals surface area contributed by atoms with Gasteiger partial charge in [0.1, 0.15) is 0 Å². The number of fused-ring (bicyclic) bond motifs is 1. The van der Waals surface area contributed by atoms with Gasteiger partial charge in [0.15, 0.2) is 0 Å². The SMILES string of the molecule is CNC(=O)c1ccc(-n2c(NC(C)C)nc3c(c2=O)C[C@@H](C)N(C(=O)C24C5[C@@H]6[C@@H]2C2(C)[C@H]4[C@@H]5C62Cl)C3)cc1. The van der Waals surface area contributed by atoms with Crippen molar-refractivity contribution < 1.29 is 9.59 Å². The van der Waals surface area contributed by atoms with E-state index in [9.17, 15) is 14.4 Å². The van der Waals surface area contributed by atoms with Crippen molar-refractivity contribution in [1.82, 2.24) is 19.8 Å². The molecule has 7 aliphatic rings. The molecule has 6 aliphatic carbocycles. The summed E-state index contributed by atoms with van der Waals surface area (Å²) in [5.74, 6) is 3.01. The second kappa shape index (κ2) is 6.64. The Bertz CT molecular complexity index is 1510. The number of anilines is 1. The van der Waals surface area contributed by atoms with E-state index in [1.165, 1.54) is 0 Å². The highest BCUT2D eigenvalue weighted by Crippen LogP contribution is 3.12. The van der Waals surface area contributed by atoms with Gasteiger partial charge in [-0.3, -0.25) is 14.4 Å². The summed E-state index contributed by atoms with van der Waals surface area (Å²) in [7, 11) is 1.59. The molecular weight excluding hydrogens is 502 g/mol. The van der Waals surface area contributed by atoms with Crippen molar-refractivity contribution in [2.45, 2.75) is 57.6 Å². The van der Waals surface area contributed by atoms with Crippen molar-refractivity contribution in [3.8, 4) is 5.69 Å². The van der Waals surface area contributed by atoms with E-state index < -0.39 is 0 Å². The van der Waals surface area contributed by atoms with E-state index in [1.54, 1.807) is 35.9 Å². The molecule has 38 heavy (non-hydrogen) atoms. The van der Waals surface area contributed by atoms with Gasteiger partial charge in [-0.1, -0.05) is 6.92 Å². The lowest BCUT2D eigenvalue weighted by Gasteiger charge is -3.13. The van der Waals surface area contributed by atoms with Gasteiger partial charge in [0.25, 0.3) is 11.5 Å². The molecule has 6 fully saturated rings. The molecule has 0 radical (unpaired) electrons. The standard InChI is InChI=1S/C29H32ClN5O3/c1-12(2)32-26-33-17-11-34(25(38)28-18-19-21(28)27(4)22(28)20(18)29(19,27)30)13(3)10-16(17)24(37)35(26)15-8-6-14(7-9-15)23(36)31-5/h6-9,12-13,18-22H,10-11H2,1-5H3,(H,31,36)(H,32,33)/t13-,18?,19-,20-,21-,22-,27?,28?,29?/m1/s1. The first-order valence-corrected chi connectivity index (χ1v) is 14.2. The maximum absolute atomic E-state index is 14.1. The van der Waals surface area contributed by atoms with E-state index in [0.29, 0.717) is 71.0 Å². The number of benzene rings is 1. The molecule has 2 amide bonds. The number of carbonyl (C=O) groups is 2. The number of hydrogen-bond acceptors (Lipinski definition) is 5. The largest absolute Gasteiger partial charge is 0.355 e. The van der Waals surface area contributed by atoms with Crippen molar-refractivity contribution in [3.63, 3.8) is 0 Å². The fourth-order valence-corrected chi connectivity index (χ4v) is 11.0. The minimum absolute atomic E-state index is 0.00224. The van der Waals surface area contributed by atoms with Gasteiger partial charge >= 0.3 is 0 Å². The summed E-state index contributed by atoms with van der Waals surface area (Å²) in [4.78, 5) is 47.0. The number of aromatic nitrogens is 2.